The second kappa shape index (κ2) is 7.10. The Balaban J connectivity index is 1.70. The molecule has 0 bridgehead atoms. The van der Waals surface area contributed by atoms with Gasteiger partial charge in [0, 0.05) is 41.7 Å². The van der Waals surface area contributed by atoms with Crippen molar-refractivity contribution in [3.63, 3.8) is 0 Å². The van der Waals surface area contributed by atoms with Crippen molar-refractivity contribution < 1.29 is 4.79 Å². The van der Waals surface area contributed by atoms with E-state index in [-0.39, 0.29) is 11.3 Å². The van der Waals surface area contributed by atoms with E-state index in [1.807, 2.05) is 23.2 Å². The van der Waals surface area contributed by atoms with Crippen LogP contribution in [0.4, 0.5) is 5.69 Å². The number of hydrogen-bond donors (Lipinski definition) is 0. The Bertz CT molecular complexity index is 1250. The molecule has 3 heteroatoms. The van der Waals surface area contributed by atoms with Crippen molar-refractivity contribution in [3.8, 4) is 11.3 Å². The van der Waals surface area contributed by atoms with E-state index >= 15 is 0 Å². The van der Waals surface area contributed by atoms with Crippen LogP contribution >= 0.6 is 0 Å². The lowest BCUT2D eigenvalue weighted by atomic mass is 9.77. The van der Waals surface area contributed by atoms with E-state index in [1.54, 1.807) is 6.92 Å². The predicted octanol–water partition coefficient (Wildman–Crippen LogP) is 5.77. The molecule has 2 heterocycles. The van der Waals surface area contributed by atoms with Crippen LogP contribution in [0.1, 0.15) is 25.0 Å². The fourth-order valence-corrected chi connectivity index (χ4v) is 4.81. The molecule has 3 aromatic carbocycles. The van der Waals surface area contributed by atoms with Gasteiger partial charge in [0.15, 0.2) is 0 Å². The van der Waals surface area contributed by atoms with Gasteiger partial charge in [-0.15, -0.1) is 0 Å². The number of amides is 1. The first-order valence-corrected chi connectivity index (χ1v) is 10.4. The van der Waals surface area contributed by atoms with Crippen LogP contribution in [-0.2, 0) is 16.6 Å². The van der Waals surface area contributed by atoms with Gasteiger partial charge in [0.25, 0.3) is 0 Å². The zero-order chi connectivity index (χ0) is 20.7. The molecule has 30 heavy (non-hydrogen) atoms. The lowest BCUT2D eigenvalue weighted by Crippen LogP contribution is -2.35. The van der Waals surface area contributed by atoms with Crippen molar-refractivity contribution in [1.29, 1.82) is 0 Å². The Labute approximate surface area is 177 Å². The van der Waals surface area contributed by atoms with Crippen LogP contribution in [-0.4, -0.2) is 17.4 Å². The third-order valence-electron chi connectivity index (χ3n) is 6.25. The number of carbonyl (C=O) groups excluding carboxylic acids is 1. The maximum absolute atomic E-state index is 12.4. The summed E-state index contributed by atoms with van der Waals surface area (Å²) in [7, 11) is 0. The Hall–Kier alpha value is -3.46. The fourth-order valence-electron chi connectivity index (χ4n) is 4.81. The van der Waals surface area contributed by atoms with Gasteiger partial charge in [0.1, 0.15) is 0 Å². The van der Waals surface area contributed by atoms with Gasteiger partial charge >= 0.3 is 0 Å². The van der Waals surface area contributed by atoms with Gasteiger partial charge in [-0.05, 0) is 29.0 Å². The van der Waals surface area contributed by atoms with Gasteiger partial charge in [0.05, 0.1) is 5.69 Å². The number of aromatic nitrogens is 1. The van der Waals surface area contributed by atoms with Crippen LogP contribution in [0.15, 0.2) is 85.1 Å². The molecule has 0 saturated carbocycles. The zero-order valence-electron chi connectivity index (χ0n) is 17.3. The molecule has 1 unspecified atom stereocenters. The van der Waals surface area contributed by atoms with E-state index in [4.69, 9.17) is 4.98 Å². The van der Waals surface area contributed by atoms with Gasteiger partial charge in [0.2, 0.25) is 5.91 Å². The quantitative estimate of drug-likeness (QED) is 0.443. The van der Waals surface area contributed by atoms with Crippen LogP contribution < -0.4 is 4.90 Å². The van der Waals surface area contributed by atoms with Gasteiger partial charge in [-0.1, -0.05) is 79.7 Å². The van der Waals surface area contributed by atoms with Crippen molar-refractivity contribution in [3.05, 3.63) is 96.2 Å². The van der Waals surface area contributed by atoms with E-state index in [0.717, 1.165) is 28.8 Å². The minimum atomic E-state index is -0.183. The first kappa shape index (κ1) is 18.6. The van der Waals surface area contributed by atoms with Crippen LogP contribution in [0.5, 0.6) is 0 Å². The molecule has 0 saturated heterocycles. The summed E-state index contributed by atoms with van der Waals surface area (Å²) < 4.78 is 0. The molecule has 148 valence electrons. The molecule has 3 nitrogen and oxygen atoms in total. The molecule has 1 aliphatic rings. The third kappa shape index (κ3) is 2.98. The van der Waals surface area contributed by atoms with Crippen molar-refractivity contribution in [2.75, 3.05) is 11.4 Å². The lowest BCUT2D eigenvalue weighted by molar-refractivity contribution is -0.116. The summed E-state index contributed by atoms with van der Waals surface area (Å²) in [5.41, 5.74) is 5.46. The van der Waals surface area contributed by atoms with Gasteiger partial charge in [-0.2, -0.15) is 0 Å². The van der Waals surface area contributed by atoms with Crippen molar-refractivity contribution in [2.24, 2.45) is 0 Å². The Morgan fingerprint density at radius 2 is 1.67 bits per heavy atom. The summed E-state index contributed by atoms with van der Waals surface area (Å²) in [5, 5.41) is 2.37. The van der Waals surface area contributed by atoms with E-state index in [1.165, 1.54) is 16.5 Å². The summed E-state index contributed by atoms with van der Waals surface area (Å²) in [4.78, 5) is 19.2. The molecule has 1 aromatic heterocycles. The second-order valence-corrected chi connectivity index (χ2v) is 8.40. The third-order valence-corrected chi connectivity index (χ3v) is 6.25. The Kier molecular flexibility index (Phi) is 4.39. The highest BCUT2D eigenvalue weighted by Crippen LogP contribution is 2.44. The van der Waals surface area contributed by atoms with Gasteiger partial charge < -0.3 is 4.90 Å². The molecule has 0 spiro atoms. The highest BCUT2D eigenvalue weighted by molar-refractivity contribution is 5.95. The number of carbonyl (C=O) groups is 1. The fraction of sp³-hybridized carbons (Fsp3) is 0.185. The van der Waals surface area contributed by atoms with Crippen LogP contribution in [0.2, 0.25) is 0 Å². The van der Waals surface area contributed by atoms with Gasteiger partial charge in [-0.3, -0.25) is 9.78 Å². The minimum Gasteiger partial charge on any atom is -0.311 e. The SMILES string of the molecule is CC(=O)N1CC(C)(Cc2c(-c3ccccc3)ncc3ccccc23)c2ccccc21. The molecule has 1 atom stereocenters. The molecule has 5 rings (SSSR count). The maximum Gasteiger partial charge on any atom is 0.223 e. The molecular weight excluding hydrogens is 368 g/mol. The average Bonchev–Trinajstić information content (AvgIpc) is 3.08. The normalized spacial score (nSPS) is 17.9. The number of para-hydroxylation sites is 1. The maximum atomic E-state index is 12.4. The zero-order valence-corrected chi connectivity index (χ0v) is 17.3. The molecule has 0 fully saturated rings. The first-order chi connectivity index (χ1) is 14.6. The number of benzene rings is 3. The topological polar surface area (TPSA) is 33.2 Å². The number of nitrogens with zero attached hydrogens (tertiary/aromatic N) is 2. The van der Waals surface area contributed by atoms with E-state index in [9.17, 15) is 4.79 Å². The van der Waals surface area contributed by atoms with Crippen LogP contribution in [0.3, 0.4) is 0 Å². The van der Waals surface area contributed by atoms with Crippen molar-refractivity contribution in [1.82, 2.24) is 4.98 Å². The lowest BCUT2D eigenvalue weighted by Gasteiger charge is -2.27. The largest absolute Gasteiger partial charge is 0.311 e. The predicted molar refractivity (Wildman–Crippen MR) is 123 cm³/mol. The Morgan fingerprint density at radius 1 is 0.967 bits per heavy atom. The smallest absolute Gasteiger partial charge is 0.223 e. The standard InChI is InChI=1S/C27H24N2O/c1-19(30)29-18-27(2,24-14-8-9-15-25(24)29)16-23-22-13-7-6-12-21(22)17-28-26(23)20-10-4-3-5-11-20/h3-15,17H,16,18H2,1-2H3. The van der Waals surface area contributed by atoms with E-state index in [2.05, 4.69) is 73.7 Å². The minimum absolute atomic E-state index is 0.0884. The Morgan fingerprint density at radius 3 is 2.47 bits per heavy atom. The van der Waals surface area contributed by atoms with E-state index < -0.39 is 0 Å². The summed E-state index contributed by atoms with van der Waals surface area (Å²) in [6.07, 6.45) is 2.78. The first-order valence-electron chi connectivity index (χ1n) is 10.4. The summed E-state index contributed by atoms with van der Waals surface area (Å²) in [5.74, 6) is 0.0884. The summed E-state index contributed by atoms with van der Waals surface area (Å²) >= 11 is 0. The molecule has 1 aliphatic heterocycles. The molecular formula is C27H24N2O. The summed E-state index contributed by atoms with van der Waals surface area (Å²) in [6, 6.07) is 27.1. The molecule has 1 amide bonds. The highest BCUT2D eigenvalue weighted by Gasteiger charge is 2.41. The molecule has 0 N–H and O–H groups in total. The van der Waals surface area contributed by atoms with Crippen molar-refractivity contribution in [2.45, 2.75) is 25.7 Å². The van der Waals surface area contributed by atoms with Crippen LogP contribution in [0.25, 0.3) is 22.0 Å². The molecule has 4 aromatic rings. The second-order valence-electron chi connectivity index (χ2n) is 8.40. The molecule has 0 aliphatic carbocycles. The number of pyridine rings is 1. The number of fused-ring (bicyclic) bond motifs is 2. The van der Waals surface area contributed by atoms with Crippen molar-refractivity contribution >= 4 is 22.4 Å². The van der Waals surface area contributed by atoms with E-state index in [0.29, 0.717) is 6.54 Å². The summed E-state index contributed by atoms with van der Waals surface area (Å²) in [6.45, 7) is 4.60. The number of hydrogen-bond acceptors (Lipinski definition) is 2. The molecule has 0 radical (unpaired) electrons. The van der Waals surface area contributed by atoms with Gasteiger partial charge in [-0.25, -0.2) is 0 Å². The number of anilines is 1. The monoisotopic (exact) mass is 392 g/mol. The van der Waals surface area contributed by atoms with Crippen LogP contribution in [0, 0.1) is 0 Å². The number of rotatable bonds is 3. The average molecular weight is 393 g/mol. The highest BCUT2D eigenvalue weighted by atomic mass is 16.2.